The van der Waals surface area contributed by atoms with Gasteiger partial charge in [0.1, 0.15) is 16.7 Å². The summed E-state index contributed by atoms with van der Waals surface area (Å²) >= 11 is 1.06. The zero-order valence-corrected chi connectivity index (χ0v) is 10.6. The first-order valence-electron chi connectivity index (χ1n) is 5.47. The van der Waals surface area contributed by atoms with Crippen molar-refractivity contribution in [3.63, 3.8) is 0 Å². The fourth-order valence-electron chi connectivity index (χ4n) is 1.47. The molecular weight excluding hydrogens is 254 g/mol. The number of nitrogens with one attached hydrogen (secondary N) is 1. The molecule has 0 radical (unpaired) electrons. The van der Waals surface area contributed by atoms with Crippen molar-refractivity contribution in [2.24, 2.45) is 0 Å². The Kier molecular flexibility index (Phi) is 4.06. The monoisotopic (exact) mass is 267 g/mol. The van der Waals surface area contributed by atoms with Crippen molar-refractivity contribution in [3.05, 3.63) is 34.7 Å². The highest BCUT2D eigenvalue weighted by atomic mass is 32.1. The Labute approximate surface area is 108 Å². The first-order chi connectivity index (χ1) is 8.68. The minimum absolute atomic E-state index is 0.214. The molecule has 2 rings (SSSR count). The average molecular weight is 267 g/mol. The number of carbonyl (C=O) groups is 1. The van der Waals surface area contributed by atoms with Gasteiger partial charge < -0.3 is 14.8 Å². The minimum Gasteiger partial charge on any atom is -0.467 e. The third kappa shape index (κ3) is 2.93. The number of aliphatic hydroxyl groups excluding tert-OH is 1. The van der Waals surface area contributed by atoms with Crippen LogP contribution in [0.2, 0.25) is 0 Å². The van der Waals surface area contributed by atoms with Gasteiger partial charge in [-0.25, -0.2) is 0 Å². The molecule has 0 aromatic carbocycles. The lowest BCUT2D eigenvalue weighted by Crippen LogP contribution is -2.25. The maximum atomic E-state index is 11.7. The molecule has 2 aromatic heterocycles. The molecule has 0 aliphatic heterocycles. The molecule has 0 saturated carbocycles. The number of carbonyl (C=O) groups excluding carboxylic acids is 1. The summed E-state index contributed by atoms with van der Waals surface area (Å²) in [5.41, 5.74) is 0.615. The smallest absolute Gasteiger partial charge is 0.264 e. The van der Waals surface area contributed by atoms with Crippen LogP contribution in [0.25, 0.3) is 0 Å². The predicted molar refractivity (Wildman–Crippen MR) is 65.3 cm³/mol. The SMILES string of the molecule is Cc1nnsc1C(=O)NCC[C@@H](O)c1ccco1. The first-order valence-corrected chi connectivity index (χ1v) is 6.24. The van der Waals surface area contributed by atoms with Crippen LogP contribution in [0.5, 0.6) is 0 Å². The minimum atomic E-state index is -0.707. The summed E-state index contributed by atoms with van der Waals surface area (Å²) in [6.45, 7) is 2.09. The number of hydrogen-bond donors (Lipinski definition) is 2. The summed E-state index contributed by atoms with van der Waals surface area (Å²) in [6.07, 6.45) is 1.19. The molecule has 0 bridgehead atoms. The summed E-state index contributed by atoms with van der Waals surface area (Å²) in [5, 5.41) is 16.2. The number of nitrogens with zero attached hydrogens (tertiary/aromatic N) is 2. The van der Waals surface area contributed by atoms with E-state index in [1.807, 2.05) is 0 Å². The lowest BCUT2D eigenvalue weighted by Gasteiger charge is -2.08. The van der Waals surface area contributed by atoms with Crippen molar-refractivity contribution in [2.75, 3.05) is 6.54 Å². The van der Waals surface area contributed by atoms with Gasteiger partial charge in [-0.15, -0.1) is 5.10 Å². The van der Waals surface area contributed by atoms with E-state index in [0.717, 1.165) is 11.5 Å². The van der Waals surface area contributed by atoms with Crippen LogP contribution in [0.15, 0.2) is 22.8 Å². The van der Waals surface area contributed by atoms with E-state index in [4.69, 9.17) is 4.42 Å². The largest absolute Gasteiger partial charge is 0.467 e. The molecule has 2 aromatic rings. The predicted octanol–water partition coefficient (Wildman–Crippen LogP) is 1.29. The highest BCUT2D eigenvalue weighted by Crippen LogP contribution is 2.16. The number of rotatable bonds is 5. The van der Waals surface area contributed by atoms with Crippen molar-refractivity contribution in [2.45, 2.75) is 19.4 Å². The van der Waals surface area contributed by atoms with Gasteiger partial charge >= 0.3 is 0 Å². The number of aryl methyl sites for hydroxylation is 1. The molecule has 0 aliphatic rings. The van der Waals surface area contributed by atoms with Crippen LogP contribution in [0.3, 0.4) is 0 Å². The molecule has 0 fully saturated rings. The lowest BCUT2D eigenvalue weighted by molar-refractivity contribution is 0.0939. The molecule has 2 heterocycles. The van der Waals surface area contributed by atoms with E-state index in [1.54, 1.807) is 19.1 Å². The van der Waals surface area contributed by atoms with E-state index in [9.17, 15) is 9.90 Å². The van der Waals surface area contributed by atoms with Gasteiger partial charge in [0.2, 0.25) is 0 Å². The summed E-state index contributed by atoms with van der Waals surface area (Å²) in [5.74, 6) is 0.286. The van der Waals surface area contributed by atoms with Crippen molar-refractivity contribution in [1.29, 1.82) is 0 Å². The van der Waals surface area contributed by atoms with Gasteiger partial charge in [0.05, 0.1) is 12.0 Å². The lowest BCUT2D eigenvalue weighted by atomic mass is 10.2. The van der Waals surface area contributed by atoms with Crippen molar-refractivity contribution in [1.82, 2.24) is 14.9 Å². The summed E-state index contributed by atoms with van der Waals surface area (Å²) in [6, 6.07) is 3.41. The molecule has 2 N–H and O–H groups in total. The van der Waals surface area contributed by atoms with E-state index in [1.165, 1.54) is 6.26 Å². The molecule has 0 saturated heterocycles. The van der Waals surface area contributed by atoms with E-state index in [0.29, 0.717) is 29.3 Å². The molecule has 1 amide bonds. The Morgan fingerprint density at radius 3 is 3.11 bits per heavy atom. The summed E-state index contributed by atoms with van der Waals surface area (Å²) in [7, 11) is 0. The van der Waals surface area contributed by atoms with Crippen LogP contribution >= 0.6 is 11.5 Å². The Balaban J connectivity index is 1.79. The van der Waals surface area contributed by atoms with Crippen LogP contribution < -0.4 is 5.32 Å². The van der Waals surface area contributed by atoms with Crippen LogP contribution in [0.1, 0.15) is 33.7 Å². The van der Waals surface area contributed by atoms with Gasteiger partial charge in [-0.2, -0.15) is 0 Å². The zero-order chi connectivity index (χ0) is 13.0. The van der Waals surface area contributed by atoms with Gasteiger partial charge in [-0.05, 0) is 37.0 Å². The van der Waals surface area contributed by atoms with Crippen LogP contribution in [0, 0.1) is 6.92 Å². The fourth-order valence-corrected chi connectivity index (χ4v) is 2.04. The zero-order valence-electron chi connectivity index (χ0n) is 9.79. The Morgan fingerprint density at radius 1 is 1.67 bits per heavy atom. The maximum Gasteiger partial charge on any atom is 0.264 e. The molecule has 0 unspecified atom stereocenters. The Morgan fingerprint density at radius 2 is 2.50 bits per heavy atom. The van der Waals surface area contributed by atoms with Crippen molar-refractivity contribution < 1.29 is 14.3 Å². The van der Waals surface area contributed by atoms with Crippen LogP contribution in [-0.4, -0.2) is 27.1 Å². The molecule has 6 nitrogen and oxygen atoms in total. The molecule has 0 spiro atoms. The van der Waals surface area contributed by atoms with E-state index >= 15 is 0 Å². The van der Waals surface area contributed by atoms with Crippen molar-refractivity contribution in [3.8, 4) is 0 Å². The highest BCUT2D eigenvalue weighted by molar-refractivity contribution is 7.07. The summed E-state index contributed by atoms with van der Waals surface area (Å²) < 4.78 is 8.76. The standard InChI is InChI=1S/C11H13N3O3S/c1-7-10(18-14-13-7)11(16)12-5-4-8(15)9-3-2-6-17-9/h2-3,6,8,15H,4-5H2,1H3,(H,12,16)/t8-/m1/s1. The number of aromatic nitrogens is 2. The number of furan rings is 1. The topological polar surface area (TPSA) is 88.2 Å². The van der Waals surface area contributed by atoms with E-state index < -0.39 is 6.10 Å². The highest BCUT2D eigenvalue weighted by Gasteiger charge is 2.14. The van der Waals surface area contributed by atoms with Gasteiger partial charge in [0, 0.05) is 6.54 Å². The second-order valence-electron chi connectivity index (χ2n) is 3.76. The molecule has 96 valence electrons. The van der Waals surface area contributed by atoms with Gasteiger partial charge in [0.25, 0.3) is 5.91 Å². The fraction of sp³-hybridized carbons (Fsp3) is 0.364. The molecule has 0 aliphatic carbocycles. The average Bonchev–Trinajstić information content (AvgIpc) is 2.99. The normalized spacial score (nSPS) is 12.3. The van der Waals surface area contributed by atoms with Crippen molar-refractivity contribution >= 4 is 17.4 Å². The quantitative estimate of drug-likeness (QED) is 0.852. The second kappa shape index (κ2) is 5.74. The van der Waals surface area contributed by atoms with E-state index in [-0.39, 0.29) is 5.91 Å². The first kappa shape index (κ1) is 12.7. The van der Waals surface area contributed by atoms with Gasteiger partial charge in [0.15, 0.2) is 0 Å². The third-order valence-electron chi connectivity index (χ3n) is 2.43. The maximum absolute atomic E-state index is 11.7. The van der Waals surface area contributed by atoms with E-state index in [2.05, 4.69) is 14.9 Å². The molecule has 18 heavy (non-hydrogen) atoms. The summed E-state index contributed by atoms with van der Waals surface area (Å²) in [4.78, 5) is 12.2. The number of amides is 1. The second-order valence-corrected chi connectivity index (χ2v) is 4.52. The third-order valence-corrected chi connectivity index (χ3v) is 3.26. The van der Waals surface area contributed by atoms with Crippen LogP contribution in [0.4, 0.5) is 0 Å². The molecular formula is C11H13N3O3S. The molecule has 7 heteroatoms. The van der Waals surface area contributed by atoms with Gasteiger partial charge in [-0.1, -0.05) is 4.49 Å². The molecule has 1 atom stereocenters. The Bertz CT molecular complexity index is 509. The van der Waals surface area contributed by atoms with Gasteiger partial charge in [-0.3, -0.25) is 4.79 Å². The number of aliphatic hydroxyl groups is 1. The van der Waals surface area contributed by atoms with Crippen LogP contribution in [-0.2, 0) is 0 Å². The number of hydrogen-bond acceptors (Lipinski definition) is 6. The Hall–Kier alpha value is -1.73.